The van der Waals surface area contributed by atoms with Gasteiger partial charge in [-0.3, -0.25) is 0 Å². The van der Waals surface area contributed by atoms with E-state index in [0.717, 1.165) is 16.3 Å². The van der Waals surface area contributed by atoms with E-state index in [1.807, 2.05) is 37.3 Å². The molecule has 0 saturated carbocycles. The molecule has 0 aromatic heterocycles. The maximum Gasteiger partial charge on any atom is 0.328 e. The lowest BCUT2D eigenvalue weighted by atomic mass is 10.2. The van der Waals surface area contributed by atoms with Gasteiger partial charge in [0.1, 0.15) is 24.7 Å². The van der Waals surface area contributed by atoms with Crippen molar-refractivity contribution in [1.82, 2.24) is 0 Å². The lowest BCUT2D eigenvalue weighted by molar-refractivity contribution is -0.131. The zero-order valence-electron chi connectivity index (χ0n) is 12.7. The Hall–Kier alpha value is -2.27. The van der Waals surface area contributed by atoms with Gasteiger partial charge < -0.3 is 14.6 Å². The molecule has 0 heterocycles. The molecule has 1 N–H and O–H groups in total. The molecule has 0 fully saturated rings. The highest BCUT2D eigenvalue weighted by Gasteiger charge is 2.03. The summed E-state index contributed by atoms with van der Waals surface area (Å²) in [4.78, 5) is 10.7. The van der Waals surface area contributed by atoms with E-state index in [1.54, 1.807) is 12.1 Å². The van der Waals surface area contributed by atoms with Gasteiger partial charge in [-0.25, -0.2) is 4.79 Å². The molecule has 0 bridgehead atoms. The Kier molecular flexibility index (Phi) is 6.23. The van der Waals surface area contributed by atoms with Crippen LogP contribution in [0.15, 0.2) is 53.0 Å². The number of benzene rings is 2. The number of rotatable bonds is 7. The summed E-state index contributed by atoms with van der Waals surface area (Å²) in [5.41, 5.74) is 1.87. The molecule has 2 rings (SSSR count). The highest BCUT2D eigenvalue weighted by molar-refractivity contribution is 9.10. The summed E-state index contributed by atoms with van der Waals surface area (Å²) in [5.74, 6) is 0.401. The Labute approximate surface area is 143 Å². The Bertz CT molecular complexity index is 693. The second kappa shape index (κ2) is 8.39. The van der Waals surface area contributed by atoms with E-state index in [-0.39, 0.29) is 0 Å². The van der Waals surface area contributed by atoms with E-state index in [1.165, 1.54) is 11.6 Å². The number of carbonyl (C=O) groups is 1. The van der Waals surface area contributed by atoms with Gasteiger partial charge in [-0.1, -0.05) is 33.6 Å². The van der Waals surface area contributed by atoms with E-state index < -0.39 is 5.97 Å². The Morgan fingerprint density at radius 1 is 1.13 bits per heavy atom. The Morgan fingerprint density at radius 2 is 1.83 bits per heavy atom. The van der Waals surface area contributed by atoms with E-state index in [4.69, 9.17) is 14.6 Å². The predicted molar refractivity (Wildman–Crippen MR) is 93.0 cm³/mol. The highest BCUT2D eigenvalue weighted by atomic mass is 79.9. The van der Waals surface area contributed by atoms with Crippen LogP contribution in [0.1, 0.15) is 11.1 Å². The molecule has 0 unspecified atom stereocenters. The van der Waals surface area contributed by atoms with Gasteiger partial charge in [-0.15, -0.1) is 0 Å². The summed E-state index contributed by atoms with van der Waals surface area (Å²) in [6, 6.07) is 13.2. The third-order valence-electron chi connectivity index (χ3n) is 3.01. The van der Waals surface area contributed by atoms with Crippen LogP contribution < -0.4 is 9.47 Å². The fraction of sp³-hybridized carbons (Fsp3) is 0.167. The first-order valence-electron chi connectivity index (χ1n) is 7.07. The zero-order chi connectivity index (χ0) is 16.7. The van der Waals surface area contributed by atoms with Crippen molar-refractivity contribution in [2.24, 2.45) is 0 Å². The Morgan fingerprint density at radius 3 is 2.52 bits per heavy atom. The van der Waals surface area contributed by atoms with Crippen LogP contribution in [0, 0.1) is 6.92 Å². The average Bonchev–Trinajstić information content (AvgIpc) is 2.52. The number of carboxylic acids is 1. The van der Waals surface area contributed by atoms with Crippen molar-refractivity contribution >= 4 is 28.0 Å². The highest BCUT2D eigenvalue weighted by Crippen LogP contribution is 2.24. The minimum atomic E-state index is -1.00. The van der Waals surface area contributed by atoms with Crippen molar-refractivity contribution in [1.29, 1.82) is 0 Å². The van der Waals surface area contributed by atoms with Crippen LogP contribution in [0.3, 0.4) is 0 Å². The fourth-order valence-corrected chi connectivity index (χ4v) is 2.27. The van der Waals surface area contributed by atoms with Crippen molar-refractivity contribution in [2.45, 2.75) is 6.92 Å². The third-order valence-corrected chi connectivity index (χ3v) is 3.50. The molecule has 0 aliphatic heterocycles. The van der Waals surface area contributed by atoms with E-state index in [0.29, 0.717) is 24.5 Å². The number of aliphatic carboxylic acids is 1. The Balaban J connectivity index is 1.92. The van der Waals surface area contributed by atoms with Gasteiger partial charge in [0.2, 0.25) is 0 Å². The first-order valence-corrected chi connectivity index (χ1v) is 7.87. The molecule has 2 aromatic carbocycles. The summed E-state index contributed by atoms with van der Waals surface area (Å²) in [6.45, 7) is 2.79. The summed E-state index contributed by atoms with van der Waals surface area (Å²) < 4.78 is 12.1. The van der Waals surface area contributed by atoms with Gasteiger partial charge in [-0.05, 0) is 43.3 Å². The van der Waals surface area contributed by atoms with E-state index >= 15 is 0 Å². The summed E-state index contributed by atoms with van der Waals surface area (Å²) in [6.07, 6.45) is 2.58. The first kappa shape index (κ1) is 17.1. The normalized spacial score (nSPS) is 10.7. The number of carboxylic acid groups (broad SMARTS) is 1. The molecule has 2 aromatic rings. The van der Waals surface area contributed by atoms with Crippen LogP contribution in [0.4, 0.5) is 0 Å². The molecular formula is C18H17BrO4. The van der Waals surface area contributed by atoms with Gasteiger partial charge in [0, 0.05) is 16.1 Å². The lowest BCUT2D eigenvalue weighted by Crippen LogP contribution is -2.09. The molecule has 0 atom stereocenters. The molecule has 0 amide bonds. The van der Waals surface area contributed by atoms with Crippen molar-refractivity contribution in [3.8, 4) is 11.5 Å². The molecule has 4 nitrogen and oxygen atoms in total. The number of hydrogen-bond donors (Lipinski definition) is 1. The van der Waals surface area contributed by atoms with Gasteiger partial charge in [0.25, 0.3) is 0 Å². The minimum Gasteiger partial charge on any atom is -0.490 e. The van der Waals surface area contributed by atoms with Crippen LogP contribution in [0.2, 0.25) is 0 Å². The molecule has 5 heteroatoms. The van der Waals surface area contributed by atoms with E-state index in [9.17, 15) is 4.79 Å². The monoisotopic (exact) mass is 376 g/mol. The summed E-state index contributed by atoms with van der Waals surface area (Å²) in [5, 5.41) is 8.74. The number of halogens is 1. The minimum absolute atomic E-state index is 0.365. The number of hydrogen-bond acceptors (Lipinski definition) is 3. The maximum absolute atomic E-state index is 10.7. The average molecular weight is 377 g/mol. The van der Waals surface area contributed by atoms with Gasteiger partial charge in [0.05, 0.1) is 0 Å². The van der Waals surface area contributed by atoms with Gasteiger partial charge >= 0.3 is 5.97 Å². The first-order chi connectivity index (χ1) is 11.0. The third kappa shape index (κ3) is 5.79. The molecule has 23 heavy (non-hydrogen) atoms. The van der Waals surface area contributed by atoms with E-state index in [2.05, 4.69) is 15.9 Å². The van der Waals surface area contributed by atoms with Gasteiger partial charge in [-0.2, -0.15) is 0 Å². The van der Waals surface area contributed by atoms with Crippen LogP contribution in [-0.2, 0) is 4.79 Å². The van der Waals surface area contributed by atoms with Crippen LogP contribution >= 0.6 is 15.9 Å². The van der Waals surface area contributed by atoms with Crippen molar-refractivity contribution < 1.29 is 19.4 Å². The second-order valence-corrected chi connectivity index (χ2v) is 5.78. The zero-order valence-corrected chi connectivity index (χ0v) is 14.2. The maximum atomic E-state index is 10.7. The lowest BCUT2D eigenvalue weighted by Gasteiger charge is -2.11. The number of aryl methyl sites for hydroxylation is 1. The SMILES string of the molecule is Cc1ccc(OCCOc2ccc(Br)cc2C=CC(=O)O)cc1. The molecule has 0 aliphatic carbocycles. The largest absolute Gasteiger partial charge is 0.490 e. The van der Waals surface area contributed by atoms with Crippen molar-refractivity contribution in [3.63, 3.8) is 0 Å². The standard InChI is InChI=1S/C18H17BrO4/c1-13-2-6-16(7-3-13)22-10-11-23-17-8-5-15(19)12-14(17)4-9-18(20)21/h2-9,12H,10-11H2,1H3,(H,20,21). The topological polar surface area (TPSA) is 55.8 Å². The molecule has 0 spiro atoms. The molecule has 120 valence electrons. The van der Waals surface area contributed by atoms with Crippen molar-refractivity contribution in [3.05, 3.63) is 64.1 Å². The molecule has 0 radical (unpaired) electrons. The quantitative estimate of drug-likeness (QED) is 0.577. The van der Waals surface area contributed by atoms with Gasteiger partial charge in [0.15, 0.2) is 0 Å². The second-order valence-electron chi connectivity index (χ2n) is 4.86. The fourth-order valence-electron chi connectivity index (χ4n) is 1.89. The van der Waals surface area contributed by atoms with Crippen molar-refractivity contribution in [2.75, 3.05) is 13.2 Å². The van der Waals surface area contributed by atoms with Crippen LogP contribution in [0.25, 0.3) is 6.08 Å². The smallest absolute Gasteiger partial charge is 0.328 e. The molecule has 0 saturated heterocycles. The summed E-state index contributed by atoms with van der Waals surface area (Å²) in [7, 11) is 0. The van der Waals surface area contributed by atoms with Crippen LogP contribution in [0.5, 0.6) is 11.5 Å². The predicted octanol–water partition coefficient (Wildman–Crippen LogP) is 4.31. The number of ether oxygens (including phenoxy) is 2. The molecular weight excluding hydrogens is 360 g/mol. The molecule has 0 aliphatic rings. The van der Waals surface area contributed by atoms with Crippen LogP contribution in [-0.4, -0.2) is 24.3 Å². The summed E-state index contributed by atoms with van der Waals surface area (Å²) >= 11 is 3.36.